The first-order valence-electron chi connectivity index (χ1n) is 6.48. The van der Waals surface area contributed by atoms with Crippen LogP contribution in [0, 0.1) is 0 Å². The van der Waals surface area contributed by atoms with Gasteiger partial charge in [-0.3, -0.25) is 4.98 Å². The van der Waals surface area contributed by atoms with Gasteiger partial charge in [-0.05, 0) is 18.6 Å². The Morgan fingerprint density at radius 2 is 2.37 bits per heavy atom. The highest BCUT2D eigenvalue weighted by Gasteiger charge is 2.22. The Hall–Kier alpha value is -1.53. The third-order valence-electron chi connectivity index (χ3n) is 3.16. The molecule has 1 atom stereocenters. The first kappa shape index (κ1) is 12.5. The monoisotopic (exact) mass is 276 g/mol. The third-order valence-corrected chi connectivity index (χ3v) is 4.17. The van der Waals surface area contributed by atoms with E-state index in [4.69, 9.17) is 4.74 Å². The number of aromatic nitrogens is 3. The van der Waals surface area contributed by atoms with Gasteiger partial charge in [0, 0.05) is 19.3 Å². The summed E-state index contributed by atoms with van der Waals surface area (Å²) in [4.78, 5) is 6.56. The average Bonchev–Trinajstić information content (AvgIpc) is 2.98. The molecule has 0 radical (unpaired) electrons. The van der Waals surface area contributed by atoms with Crippen LogP contribution < -0.4 is 4.90 Å². The molecule has 0 spiro atoms. The Bertz CT molecular complexity index is 530. The molecule has 0 N–H and O–H groups in total. The van der Waals surface area contributed by atoms with Gasteiger partial charge in [0.25, 0.3) is 0 Å². The van der Waals surface area contributed by atoms with E-state index in [1.807, 2.05) is 18.2 Å². The number of morpholine rings is 1. The Morgan fingerprint density at radius 3 is 3.16 bits per heavy atom. The first-order chi connectivity index (χ1) is 9.36. The molecule has 2 aromatic heterocycles. The van der Waals surface area contributed by atoms with Crippen molar-refractivity contribution in [2.24, 2.45) is 0 Å². The summed E-state index contributed by atoms with van der Waals surface area (Å²) in [5, 5.41) is 10.4. The fraction of sp³-hybridized carbons (Fsp3) is 0.462. The average molecular weight is 276 g/mol. The highest BCUT2D eigenvalue weighted by Crippen LogP contribution is 2.28. The zero-order valence-corrected chi connectivity index (χ0v) is 11.6. The van der Waals surface area contributed by atoms with Gasteiger partial charge in [0.05, 0.1) is 12.7 Å². The van der Waals surface area contributed by atoms with Crippen LogP contribution in [0.15, 0.2) is 24.4 Å². The van der Waals surface area contributed by atoms with E-state index in [0.717, 1.165) is 42.0 Å². The second-order valence-corrected chi connectivity index (χ2v) is 5.41. The molecular weight excluding hydrogens is 260 g/mol. The van der Waals surface area contributed by atoms with Crippen LogP contribution in [-0.2, 0) is 4.74 Å². The molecule has 3 rings (SSSR count). The van der Waals surface area contributed by atoms with Crippen LogP contribution in [-0.4, -0.2) is 41.0 Å². The van der Waals surface area contributed by atoms with Crippen molar-refractivity contribution in [3.8, 4) is 10.7 Å². The van der Waals surface area contributed by atoms with Crippen LogP contribution in [0.4, 0.5) is 5.13 Å². The number of pyridine rings is 1. The molecule has 2 aromatic rings. The minimum absolute atomic E-state index is 0.302. The highest BCUT2D eigenvalue weighted by atomic mass is 32.1. The standard InChI is InChI=1S/C13H16N4OS/c1-2-10-9-17(7-8-18-10)13-16-15-12(19-13)11-5-3-4-6-14-11/h3-6,10H,2,7-9H2,1H3/t10-/m1/s1. The van der Waals surface area contributed by atoms with E-state index < -0.39 is 0 Å². The minimum atomic E-state index is 0.302. The lowest BCUT2D eigenvalue weighted by Crippen LogP contribution is -2.42. The summed E-state index contributed by atoms with van der Waals surface area (Å²) < 4.78 is 5.67. The van der Waals surface area contributed by atoms with Crippen molar-refractivity contribution in [1.29, 1.82) is 0 Å². The molecule has 1 saturated heterocycles. The Balaban J connectivity index is 1.78. The zero-order valence-electron chi connectivity index (χ0n) is 10.8. The number of hydrogen-bond acceptors (Lipinski definition) is 6. The number of hydrogen-bond donors (Lipinski definition) is 0. The van der Waals surface area contributed by atoms with Crippen molar-refractivity contribution in [2.75, 3.05) is 24.6 Å². The third kappa shape index (κ3) is 2.74. The van der Waals surface area contributed by atoms with E-state index >= 15 is 0 Å². The molecule has 0 aliphatic carbocycles. The van der Waals surface area contributed by atoms with Crippen molar-refractivity contribution in [3.05, 3.63) is 24.4 Å². The van der Waals surface area contributed by atoms with Crippen LogP contribution in [0.3, 0.4) is 0 Å². The first-order valence-corrected chi connectivity index (χ1v) is 7.30. The van der Waals surface area contributed by atoms with Crippen molar-refractivity contribution < 1.29 is 4.74 Å². The number of anilines is 1. The van der Waals surface area contributed by atoms with E-state index in [-0.39, 0.29) is 0 Å². The summed E-state index contributed by atoms with van der Waals surface area (Å²) in [6, 6.07) is 5.82. The van der Waals surface area contributed by atoms with Gasteiger partial charge in [0.15, 0.2) is 5.01 Å². The van der Waals surface area contributed by atoms with Gasteiger partial charge in [0.2, 0.25) is 5.13 Å². The molecule has 0 saturated carbocycles. The maximum absolute atomic E-state index is 5.67. The lowest BCUT2D eigenvalue weighted by atomic mass is 10.2. The molecule has 1 aliphatic heterocycles. The van der Waals surface area contributed by atoms with Gasteiger partial charge in [0.1, 0.15) is 5.69 Å². The highest BCUT2D eigenvalue weighted by molar-refractivity contribution is 7.18. The minimum Gasteiger partial charge on any atom is -0.375 e. The number of nitrogens with zero attached hydrogens (tertiary/aromatic N) is 4. The lowest BCUT2D eigenvalue weighted by molar-refractivity contribution is 0.0384. The van der Waals surface area contributed by atoms with Crippen molar-refractivity contribution in [3.63, 3.8) is 0 Å². The molecule has 1 fully saturated rings. The van der Waals surface area contributed by atoms with E-state index in [1.165, 1.54) is 0 Å². The van der Waals surface area contributed by atoms with Crippen molar-refractivity contribution in [1.82, 2.24) is 15.2 Å². The SMILES string of the molecule is CC[C@@H]1CN(c2nnc(-c3ccccn3)s2)CCO1. The van der Waals surface area contributed by atoms with Crippen LogP contribution in [0.2, 0.25) is 0 Å². The predicted molar refractivity (Wildman–Crippen MR) is 75.4 cm³/mol. The normalized spacial score (nSPS) is 19.6. The molecule has 0 aromatic carbocycles. The lowest BCUT2D eigenvalue weighted by Gasteiger charge is -2.31. The van der Waals surface area contributed by atoms with E-state index in [9.17, 15) is 0 Å². The molecule has 19 heavy (non-hydrogen) atoms. The van der Waals surface area contributed by atoms with E-state index in [2.05, 4.69) is 27.0 Å². The van der Waals surface area contributed by atoms with Gasteiger partial charge in [-0.2, -0.15) is 0 Å². The summed E-state index contributed by atoms with van der Waals surface area (Å²) in [6.07, 6.45) is 3.11. The van der Waals surface area contributed by atoms with Crippen LogP contribution in [0.25, 0.3) is 10.7 Å². The molecule has 0 bridgehead atoms. The zero-order chi connectivity index (χ0) is 13.1. The summed E-state index contributed by atoms with van der Waals surface area (Å²) in [6.45, 7) is 4.69. The molecule has 0 unspecified atom stereocenters. The maximum atomic E-state index is 5.67. The van der Waals surface area contributed by atoms with E-state index in [1.54, 1.807) is 17.5 Å². The Labute approximate surface area is 116 Å². The Morgan fingerprint density at radius 1 is 1.42 bits per heavy atom. The molecule has 3 heterocycles. The van der Waals surface area contributed by atoms with Crippen LogP contribution in [0.5, 0.6) is 0 Å². The summed E-state index contributed by atoms with van der Waals surface area (Å²) in [7, 11) is 0. The molecule has 5 nitrogen and oxygen atoms in total. The van der Waals surface area contributed by atoms with Crippen molar-refractivity contribution >= 4 is 16.5 Å². The smallest absolute Gasteiger partial charge is 0.208 e. The van der Waals surface area contributed by atoms with Gasteiger partial charge < -0.3 is 9.64 Å². The Kier molecular flexibility index (Phi) is 3.70. The van der Waals surface area contributed by atoms with Crippen LogP contribution in [0.1, 0.15) is 13.3 Å². The second kappa shape index (κ2) is 5.63. The molecule has 0 amide bonds. The fourth-order valence-corrected chi connectivity index (χ4v) is 2.93. The summed E-state index contributed by atoms with van der Waals surface area (Å²) in [5.74, 6) is 0. The molecular formula is C13H16N4OS. The fourth-order valence-electron chi connectivity index (χ4n) is 2.08. The van der Waals surface area contributed by atoms with Gasteiger partial charge in [-0.15, -0.1) is 10.2 Å². The quantitative estimate of drug-likeness (QED) is 0.860. The topological polar surface area (TPSA) is 51.1 Å². The summed E-state index contributed by atoms with van der Waals surface area (Å²) >= 11 is 1.59. The molecule has 100 valence electrons. The van der Waals surface area contributed by atoms with Gasteiger partial charge in [-0.1, -0.05) is 24.3 Å². The number of ether oxygens (including phenoxy) is 1. The molecule has 6 heteroatoms. The van der Waals surface area contributed by atoms with Crippen LogP contribution >= 0.6 is 11.3 Å². The maximum Gasteiger partial charge on any atom is 0.208 e. The van der Waals surface area contributed by atoms with Gasteiger partial charge in [-0.25, -0.2) is 0 Å². The second-order valence-electron chi connectivity index (χ2n) is 4.45. The largest absolute Gasteiger partial charge is 0.375 e. The summed E-state index contributed by atoms with van der Waals surface area (Å²) in [5.41, 5.74) is 0.881. The molecule has 1 aliphatic rings. The van der Waals surface area contributed by atoms with Crippen molar-refractivity contribution in [2.45, 2.75) is 19.4 Å². The van der Waals surface area contributed by atoms with E-state index in [0.29, 0.717) is 6.10 Å². The number of rotatable bonds is 3. The predicted octanol–water partition coefficient (Wildman–Crippen LogP) is 2.22. The van der Waals surface area contributed by atoms with Gasteiger partial charge >= 0.3 is 0 Å².